The van der Waals surface area contributed by atoms with Crippen LogP contribution in [0.4, 0.5) is 0 Å². The maximum absolute atomic E-state index is 9.72. The molecule has 31 heavy (non-hydrogen) atoms. The van der Waals surface area contributed by atoms with Crippen LogP contribution in [0.5, 0.6) is 11.5 Å². The summed E-state index contributed by atoms with van der Waals surface area (Å²) in [5, 5.41) is 16.4. The molecule has 1 heterocycles. The van der Waals surface area contributed by atoms with E-state index in [0.717, 1.165) is 37.6 Å². The Kier molecular flexibility index (Phi) is 9.03. The van der Waals surface area contributed by atoms with Crippen molar-refractivity contribution in [3.63, 3.8) is 0 Å². The number of hydrogen-bond donors (Lipinski definition) is 3. The van der Waals surface area contributed by atoms with E-state index in [9.17, 15) is 5.11 Å². The Labute approximate surface area is 186 Å². The Bertz CT molecular complexity index is 830. The van der Waals surface area contributed by atoms with E-state index < -0.39 is 0 Å². The molecule has 0 spiro atoms. The molecule has 3 rings (SSSR count). The zero-order valence-corrected chi connectivity index (χ0v) is 18.9. The van der Waals surface area contributed by atoms with Gasteiger partial charge in [-0.1, -0.05) is 36.8 Å². The smallest absolute Gasteiger partial charge is 0.191 e. The monoisotopic (exact) mass is 424 g/mol. The number of ether oxygens (including phenoxy) is 1. The molecule has 0 saturated carbocycles. The van der Waals surface area contributed by atoms with Crippen LogP contribution in [-0.2, 0) is 19.5 Å². The van der Waals surface area contributed by atoms with Crippen LogP contribution in [0.25, 0.3) is 0 Å². The summed E-state index contributed by atoms with van der Waals surface area (Å²) in [6.45, 7) is 7.77. The van der Waals surface area contributed by atoms with Gasteiger partial charge in [0, 0.05) is 19.6 Å². The van der Waals surface area contributed by atoms with E-state index in [0.29, 0.717) is 12.3 Å². The summed E-state index contributed by atoms with van der Waals surface area (Å²) in [7, 11) is 1.56. The second kappa shape index (κ2) is 12.2. The van der Waals surface area contributed by atoms with Crippen LogP contribution < -0.4 is 15.4 Å². The molecule has 2 aromatic carbocycles. The van der Waals surface area contributed by atoms with Crippen LogP contribution in [0.3, 0.4) is 0 Å². The Morgan fingerprint density at radius 1 is 1.00 bits per heavy atom. The number of guanidine groups is 1. The van der Waals surface area contributed by atoms with Crippen LogP contribution in [0, 0.1) is 0 Å². The molecule has 0 radical (unpaired) electrons. The van der Waals surface area contributed by atoms with Crippen molar-refractivity contribution in [3.05, 3.63) is 59.2 Å². The van der Waals surface area contributed by atoms with Crippen molar-refractivity contribution in [2.75, 3.05) is 33.3 Å². The molecule has 6 heteroatoms. The van der Waals surface area contributed by atoms with Crippen LogP contribution in [-0.4, -0.2) is 49.3 Å². The number of phenolic OH excluding ortho intramolecular Hbond substituents is 1. The molecule has 1 fully saturated rings. The summed E-state index contributed by atoms with van der Waals surface area (Å²) in [5.41, 5.74) is 3.69. The molecular formula is C25H36N4O2. The van der Waals surface area contributed by atoms with E-state index >= 15 is 0 Å². The maximum Gasteiger partial charge on any atom is 0.191 e. The number of piperidine rings is 1. The number of benzene rings is 2. The van der Waals surface area contributed by atoms with Gasteiger partial charge in [0.2, 0.25) is 0 Å². The average Bonchev–Trinajstić information content (AvgIpc) is 2.80. The Morgan fingerprint density at radius 3 is 2.42 bits per heavy atom. The fourth-order valence-corrected chi connectivity index (χ4v) is 3.84. The van der Waals surface area contributed by atoms with Crippen molar-refractivity contribution in [3.8, 4) is 11.5 Å². The van der Waals surface area contributed by atoms with Crippen LogP contribution in [0.2, 0.25) is 0 Å². The van der Waals surface area contributed by atoms with E-state index in [1.807, 2.05) is 12.1 Å². The molecule has 0 amide bonds. The molecule has 0 atom stereocenters. The molecule has 1 saturated heterocycles. The second-order valence-electron chi connectivity index (χ2n) is 8.03. The summed E-state index contributed by atoms with van der Waals surface area (Å²) in [6.07, 6.45) is 4.84. The van der Waals surface area contributed by atoms with Gasteiger partial charge in [0.05, 0.1) is 13.7 Å². The molecule has 0 unspecified atom stereocenters. The first-order chi connectivity index (χ1) is 15.2. The van der Waals surface area contributed by atoms with Gasteiger partial charge in [-0.2, -0.15) is 0 Å². The number of nitrogens with zero attached hydrogens (tertiary/aromatic N) is 2. The SMILES string of the molecule is CCNC(=NCc1ccc(CN2CCCCC2)cc1)NCCc1ccc(O)c(OC)c1. The van der Waals surface area contributed by atoms with Crippen molar-refractivity contribution < 1.29 is 9.84 Å². The third-order valence-electron chi connectivity index (χ3n) is 5.59. The lowest BCUT2D eigenvalue weighted by Crippen LogP contribution is -2.38. The molecule has 1 aliphatic heterocycles. The number of aliphatic imine (C=N–C) groups is 1. The highest BCUT2D eigenvalue weighted by atomic mass is 16.5. The van der Waals surface area contributed by atoms with Crippen molar-refractivity contribution in [2.45, 2.75) is 45.7 Å². The lowest BCUT2D eigenvalue weighted by molar-refractivity contribution is 0.221. The number of likely N-dealkylation sites (tertiary alicyclic amines) is 1. The van der Waals surface area contributed by atoms with Gasteiger partial charge in [-0.15, -0.1) is 0 Å². The van der Waals surface area contributed by atoms with Crippen molar-refractivity contribution >= 4 is 5.96 Å². The lowest BCUT2D eigenvalue weighted by Gasteiger charge is -2.26. The third kappa shape index (κ3) is 7.47. The first kappa shape index (κ1) is 22.9. The Morgan fingerprint density at radius 2 is 1.71 bits per heavy atom. The fourth-order valence-electron chi connectivity index (χ4n) is 3.84. The minimum Gasteiger partial charge on any atom is -0.504 e. The summed E-state index contributed by atoms with van der Waals surface area (Å²) >= 11 is 0. The zero-order chi connectivity index (χ0) is 21.9. The topological polar surface area (TPSA) is 69.1 Å². The van der Waals surface area contributed by atoms with Gasteiger partial charge in [0.25, 0.3) is 0 Å². The van der Waals surface area contributed by atoms with Crippen molar-refractivity contribution in [2.24, 2.45) is 4.99 Å². The molecular weight excluding hydrogens is 388 g/mol. The summed E-state index contributed by atoms with van der Waals surface area (Å²) in [6, 6.07) is 14.3. The molecule has 2 aromatic rings. The van der Waals surface area contributed by atoms with Gasteiger partial charge in [0.1, 0.15) is 0 Å². The number of phenols is 1. The Balaban J connectivity index is 1.49. The van der Waals surface area contributed by atoms with Gasteiger partial charge in [-0.3, -0.25) is 4.90 Å². The highest BCUT2D eigenvalue weighted by Gasteiger charge is 2.10. The molecule has 0 bridgehead atoms. The second-order valence-corrected chi connectivity index (χ2v) is 8.03. The minimum atomic E-state index is 0.163. The molecule has 6 nitrogen and oxygen atoms in total. The maximum atomic E-state index is 9.72. The van der Waals surface area contributed by atoms with Crippen LogP contribution in [0.15, 0.2) is 47.5 Å². The van der Waals surface area contributed by atoms with E-state index in [4.69, 9.17) is 9.73 Å². The van der Waals surface area contributed by atoms with E-state index in [2.05, 4.69) is 46.7 Å². The van der Waals surface area contributed by atoms with Gasteiger partial charge < -0.3 is 20.5 Å². The average molecular weight is 425 g/mol. The number of rotatable bonds is 9. The number of nitrogens with one attached hydrogen (secondary N) is 2. The van der Waals surface area contributed by atoms with Crippen molar-refractivity contribution in [1.82, 2.24) is 15.5 Å². The zero-order valence-electron chi connectivity index (χ0n) is 18.9. The predicted molar refractivity (Wildman–Crippen MR) is 127 cm³/mol. The summed E-state index contributed by atoms with van der Waals surface area (Å²) in [5.74, 6) is 1.48. The normalized spacial score (nSPS) is 15.0. The van der Waals surface area contributed by atoms with Gasteiger partial charge >= 0.3 is 0 Å². The molecule has 0 aliphatic carbocycles. The predicted octanol–water partition coefficient (Wildman–Crippen LogP) is 3.68. The summed E-state index contributed by atoms with van der Waals surface area (Å²) in [4.78, 5) is 7.28. The highest BCUT2D eigenvalue weighted by Crippen LogP contribution is 2.26. The first-order valence-electron chi connectivity index (χ1n) is 11.4. The van der Waals surface area contributed by atoms with Crippen LogP contribution in [0.1, 0.15) is 42.9 Å². The quantitative estimate of drug-likeness (QED) is 0.423. The van der Waals surface area contributed by atoms with Gasteiger partial charge in [-0.25, -0.2) is 4.99 Å². The molecule has 3 N–H and O–H groups in total. The van der Waals surface area contributed by atoms with E-state index in [1.54, 1.807) is 13.2 Å². The largest absolute Gasteiger partial charge is 0.504 e. The standard InChI is InChI=1S/C25H36N4O2/c1-3-26-25(27-14-13-20-11-12-23(30)24(17-20)31-2)28-18-21-7-9-22(10-8-21)19-29-15-5-4-6-16-29/h7-12,17,30H,3-6,13-16,18-19H2,1-2H3,(H2,26,27,28). The highest BCUT2D eigenvalue weighted by molar-refractivity contribution is 5.79. The van der Waals surface area contributed by atoms with E-state index in [1.165, 1.54) is 43.5 Å². The molecule has 1 aliphatic rings. The molecule has 168 valence electrons. The third-order valence-corrected chi connectivity index (χ3v) is 5.59. The van der Waals surface area contributed by atoms with Gasteiger partial charge in [-0.05, 0) is 68.1 Å². The summed E-state index contributed by atoms with van der Waals surface area (Å²) < 4.78 is 5.18. The van der Waals surface area contributed by atoms with Gasteiger partial charge in [0.15, 0.2) is 17.5 Å². The number of methoxy groups -OCH3 is 1. The Hall–Kier alpha value is -2.73. The fraction of sp³-hybridized carbons (Fsp3) is 0.480. The van der Waals surface area contributed by atoms with E-state index in [-0.39, 0.29) is 5.75 Å². The minimum absolute atomic E-state index is 0.163. The number of aromatic hydroxyl groups is 1. The van der Waals surface area contributed by atoms with Crippen molar-refractivity contribution in [1.29, 1.82) is 0 Å². The lowest BCUT2D eigenvalue weighted by atomic mass is 10.1. The number of hydrogen-bond acceptors (Lipinski definition) is 4. The molecule has 0 aromatic heterocycles. The van der Waals surface area contributed by atoms with Crippen LogP contribution >= 0.6 is 0 Å². The first-order valence-corrected chi connectivity index (χ1v) is 11.4.